The molecule has 1 aliphatic rings. The van der Waals surface area contributed by atoms with E-state index >= 15 is 0 Å². The number of aliphatic hydroxyl groups excluding tert-OH is 1. The normalized spacial score (nSPS) is 23.8. The quantitative estimate of drug-likeness (QED) is 0.893. The summed E-state index contributed by atoms with van der Waals surface area (Å²) in [5.41, 5.74) is 0. The van der Waals surface area contributed by atoms with E-state index in [0.29, 0.717) is 31.4 Å². The Kier molecular flexibility index (Phi) is 4.36. The Morgan fingerprint density at radius 1 is 1.10 bits per heavy atom. The summed E-state index contributed by atoms with van der Waals surface area (Å²) in [7, 11) is -4.50. The average Bonchev–Trinajstić information content (AvgIpc) is 2.30. The van der Waals surface area contributed by atoms with E-state index in [-0.39, 0.29) is 0 Å². The lowest BCUT2D eigenvalue weighted by Crippen LogP contribution is -2.45. The Morgan fingerprint density at radius 2 is 1.65 bits per heavy atom. The number of rotatable bonds is 3. The molecule has 1 saturated carbocycles. The zero-order valence-corrected chi connectivity index (χ0v) is 11.3. The lowest BCUT2D eigenvalue weighted by Gasteiger charge is -2.28. The van der Waals surface area contributed by atoms with E-state index in [4.69, 9.17) is 0 Å². The van der Waals surface area contributed by atoms with Gasteiger partial charge in [-0.25, -0.2) is 26.3 Å². The summed E-state index contributed by atoms with van der Waals surface area (Å²) in [5, 5.41) is 9.69. The first-order valence-electron chi connectivity index (χ1n) is 6.16. The number of halogens is 3. The van der Waals surface area contributed by atoms with Gasteiger partial charge in [0.2, 0.25) is 10.0 Å². The fourth-order valence-corrected chi connectivity index (χ4v) is 3.72. The third kappa shape index (κ3) is 3.13. The Labute approximate surface area is 114 Å². The highest BCUT2D eigenvalue weighted by molar-refractivity contribution is 7.89. The van der Waals surface area contributed by atoms with E-state index in [0.717, 1.165) is 6.42 Å². The van der Waals surface area contributed by atoms with Gasteiger partial charge in [-0.05, 0) is 12.8 Å². The number of benzene rings is 1. The Morgan fingerprint density at radius 3 is 2.20 bits per heavy atom. The molecule has 0 radical (unpaired) electrons. The molecule has 0 saturated heterocycles. The monoisotopic (exact) mass is 309 g/mol. The molecule has 0 aromatic heterocycles. The fourth-order valence-electron chi connectivity index (χ4n) is 2.29. The van der Waals surface area contributed by atoms with Crippen molar-refractivity contribution in [1.29, 1.82) is 0 Å². The van der Waals surface area contributed by atoms with Crippen molar-refractivity contribution >= 4 is 10.0 Å². The molecule has 0 amide bonds. The standard InChI is InChI=1S/C12H14F3NO3S/c13-7-5-8(14)12(9(15)6-7)20(18,19)16-10-3-1-2-4-11(10)17/h5-6,10-11,16-17H,1-4H2. The fraction of sp³-hybridized carbons (Fsp3) is 0.500. The molecule has 0 bridgehead atoms. The summed E-state index contributed by atoms with van der Waals surface area (Å²) < 4.78 is 65.8. The zero-order valence-electron chi connectivity index (χ0n) is 10.4. The van der Waals surface area contributed by atoms with E-state index in [9.17, 15) is 26.7 Å². The van der Waals surface area contributed by atoms with Gasteiger partial charge in [0.1, 0.15) is 17.5 Å². The van der Waals surface area contributed by atoms with Crippen LogP contribution < -0.4 is 4.72 Å². The molecule has 1 aromatic carbocycles. The predicted octanol–water partition coefficient (Wildman–Crippen LogP) is 1.69. The van der Waals surface area contributed by atoms with Crippen LogP contribution in [0.25, 0.3) is 0 Å². The third-order valence-corrected chi connectivity index (χ3v) is 4.81. The van der Waals surface area contributed by atoms with Crippen LogP contribution in [0.2, 0.25) is 0 Å². The van der Waals surface area contributed by atoms with Crippen molar-refractivity contribution in [3.05, 3.63) is 29.6 Å². The van der Waals surface area contributed by atoms with Gasteiger partial charge in [-0.15, -0.1) is 0 Å². The second-order valence-electron chi connectivity index (χ2n) is 4.78. The van der Waals surface area contributed by atoms with Gasteiger partial charge in [0.05, 0.1) is 6.10 Å². The minimum atomic E-state index is -4.50. The second kappa shape index (κ2) is 5.71. The highest BCUT2D eigenvalue weighted by Gasteiger charge is 2.31. The van der Waals surface area contributed by atoms with E-state index in [1.807, 2.05) is 0 Å². The van der Waals surface area contributed by atoms with Crippen molar-refractivity contribution in [2.24, 2.45) is 0 Å². The molecule has 112 valence electrons. The number of nitrogens with one attached hydrogen (secondary N) is 1. The van der Waals surface area contributed by atoms with Gasteiger partial charge >= 0.3 is 0 Å². The number of aliphatic hydroxyl groups is 1. The Balaban J connectivity index is 2.31. The van der Waals surface area contributed by atoms with Crippen molar-refractivity contribution in [2.75, 3.05) is 0 Å². The Hall–Kier alpha value is -1.12. The maximum atomic E-state index is 13.5. The summed E-state index contributed by atoms with van der Waals surface area (Å²) in [6.45, 7) is 0. The average molecular weight is 309 g/mol. The summed E-state index contributed by atoms with van der Waals surface area (Å²) in [6, 6.07) is -0.193. The molecule has 20 heavy (non-hydrogen) atoms. The van der Waals surface area contributed by atoms with Gasteiger partial charge in [-0.1, -0.05) is 12.8 Å². The second-order valence-corrected chi connectivity index (χ2v) is 6.43. The van der Waals surface area contributed by atoms with E-state index < -0.39 is 44.5 Å². The van der Waals surface area contributed by atoms with Crippen LogP contribution in [0.5, 0.6) is 0 Å². The first kappa shape index (κ1) is 15.3. The van der Waals surface area contributed by atoms with Gasteiger partial charge < -0.3 is 5.11 Å². The summed E-state index contributed by atoms with van der Waals surface area (Å²) in [6.07, 6.45) is 1.37. The predicted molar refractivity (Wildman–Crippen MR) is 64.9 cm³/mol. The molecular formula is C12H14F3NO3S. The van der Waals surface area contributed by atoms with Gasteiger partial charge in [0, 0.05) is 18.2 Å². The lowest BCUT2D eigenvalue weighted by atomic mass is 9.93. The molecule has 1 fully saturated rings. The molecule has 2 rings (SSSR count). The summed E-state index contributed by atoms with van der Waals surface area (Å²) >= 11 is 0. The van der Waals surface area contributed by atoms with Crippen LogP contribution in [0.3, 0.4) is 0 Å². The molecule has 1 aliphatic carbocycles. The molecule has 2 unspecified atom stereocenters. The van der Waals surface area contributed by atoms with Crippen LogP contribution in [-0.2, 0) is 10.0 Å². The minimum absolute atomic E-state index is 0.301. The maximum Gasteiger partial charge on any atom is 0.246 e. The minimum Gasteiger partial charge on any atom is -0.391 e. The smallest absolute Gasteiger partial charge is 0.246 e. The van der Waals surface area contributed by atoms with Crippen LogP contribution in [0, 0.1) is 17.5 Å². The SMILES string of the molecule is O=S(=O)(NC1CCCCC1O)c1c(F)cc(F)cc1F. The van der Waals surface area contributed by atoms with Crippen LogP contribution in [0.15, 0.2) is 17.0 Å². The van der Waals surface area contributed by atoms with Crippen LogP contribution in [0.4, 0.5) is 13.2 Å². The molecule has 1 aromatic rings. The van der Waals surface area contributed by atoms with Gasteiger partial charge in [0.25, 0.3) is 0 Å². The molecule has 8 heteroatoms. The van der Waals surface area contributed by atoms with Crippen LogP contribution in [-0.4, -0.2) is 25.7 Å². The molecular weight excluding hydrogens is 295 g/mol. The molecule has 2 N–H and O–H groups in total. The summed E-state index contributed by atoms with van der Waals surface area (Å²) in [5.74, 6) is -4.20. The first-order valence-corrected chi connectivity index (χ1v) is 7.64. The summed E-state index contributed by atoms with van der Waals surface area (Å²) in [4.78, 5) is -1.23. The third-order valence-electron chi connectivity index (χ3n) is 3.27. The van der Waals surface area contributed by atoms with Crippen molar-refractivity contribution in [3.63, 3.8) is 0 Å². The largest absolute Gasteiger partial charge is 0.391 e. The van der Waals surface area contributed by atoms with Gasteiger partial charge in [-0.3, -0.25) is 0 Å². The molecule has 0 spiro atoms. The number of hydrogen-bond donors (Lipinski definition) is 2. The molecule has 0 aliphatic heterocycles. The zero-order chi connectivity index (χ0) is 14.9. The van der Waals surface area contributed by atoms with Crippen LogP contribution >= 0.6 is 0 Å². The number of sulfonamides is 1. The topological polar surface area (TPSA) is 66.4 Å². The molecule has 4 nitrogen and oxygen atoms in total. The van der Waals surface area contributed by atoms with Gasteiger partial charge in [-0.2, -0.15) is 0 Å². The van der Waals surface area contributed by atoms with E-state index in [1.165, 1.54) is 0 Å². The van der Waals surface area contributed by atoms with Crippen molar-refractivity contribution in [2.45, 2.75) is 42.7 Å². The molecule has 2 atom stereocenters. The first-order chi connectivity index (χ1) is 9.31. The van der Waals surface area contributed by atoms with Crippen LogP contribution in [0.1, 0.15) is 25.7 Å². The van der Waals surface area contributed by atoms with Crippen molar-refractivity contribution < 1.29 is 26.7 Å². The van der Waals surface area contributed by atoms with Gasteiger partial charge in [0.15, 0.2) is 4.90 Å². The van der Waals surface area contributed by atoms with Crippen molar-refractivity contribution in [1.82, 2.24) is 4.72 Å². The van der Waals surface area contributed by atoms with Crippen molar-refractivity contribution in [3.8, 4) is 0 Å². The number of hydrogen-bond acceptors (Lipinski definition) is 3. The Bertz CT molecular complexity index is 583. The highest BCUT2D eigenvalue weighted by atomic mass is 32.2. The highest BCUT2D eigenvalue weighted by Crippen LogP contribution is 2.24. The van der Waals surface area contributed by atoms with E-state index in [2.05, 4.69) is 4.72 Å². The maximum absolute atomic E-state index is 13.5. The van der Waals surface area contributed by atoms with E-state index in [1.54, 1.807) is 0 Å². The lowest BCUT2D eigenvalue weighted by molar-refractivity contribution is 0.101. The molecule has 0 heterocycles.